The summed E-state index contributed by atoms with van der Waals surface area (Å²) >= 11 is 0. The average Bonchev–Trinajstić information content (AvgIpc) is 2.69. The zero-order valence-corrected chi connectivity index (χ0v) is 11.6. The van der Waals surface area contributed by atoms with E-state index in [2.05, 4.69) is 41.4 Å². The summed E-state index contributed by atoms with van der Waals surface area (Å²) in [6.07, 6.45) is 6.69. The molecule has 0 amide bonds. The van der Waals surface area contributed by atoms with E-state index in [9.17, 15) is 0 Å². The van der Waals surface area contributed by atoms with Gasteiger partial charge >= 0.3 is 0 Å². The predicted octanol–water partition coefficient (Wildman–Crippen LogP) is 3.57. The molecule has 0 saturated carbocycles. The normalized spacial score (nSPS) is 16.6. The smallest absolute Gasteiger partial charge is 0.0366 e. The molecule has 1 heterocycles. The Bertz CT molecular complexity index is 323. The number of anilines is 1. The maximum absolute atomic E-state index is 3.45. The van der Waals surface area contributed by atoms with Crippen LogP contribution in [0.15, 0.2) is 24.3 Å². The van der Waals surface area contributed by atoms with E-state index in [1.807, 2.05) is 0 Å². The summed E-state index contributed by atoms with van der Waals surface area (Å²) in [5, 5.41) is 3.45. The van der Waals surface area contributed by atoms with Gasteiger partial charge in [0, 0.05) is 25.3 Å². The summed E-state index contributed by atoms with van der Waals surface area (Å²) in [7, 11) is 0. The molecule has 1 N–H and O–H groups in total. The Morgan fingerprint density at radius 2 is 1.67 bits per heavy atom. The Hall–Kier alpha value is -1.02. The van der Waals surface area contributed by atoms with Crippen LogP contribution in [0.4, 0.5) is 5.69 Å². The Morgan fingerprint density at radius 1 is 1.00 bits per heavy atom. The maximum Gasteiger partial charge on any atom is 0.0366 e. The third kappa shape index (κ3) is 4.02. The van der Waals surface area contributed by atoms with Gasteiger partial charge in [0.15, 0.2) is 0 Å². The molecule has 2 rings (SSSR count). The molecule has 1 saturated heterocycles. The molecule has 1 aromatic carbocycles. The van der Waals surface area contributed by atoms with E-state index >= 15 is 0 Å². The number of hydrogen-bond acceptors (Lipinski definition) is 2. The van der Waals surface area contributed by atoms with Gasteiger partial charge in [0.1, 0.15) is 0 Å². The van der Waals surface area contributed by atoms with Gasteiger partial charge in [-0.15, -0.1) is 0 Å². The molecule has 0 atom stereocenters. The molecule has 18 heavy (non-hydrogen) atoms. The van der Waals surface area contributed by atoms with Crippen LogP contribution < -0.4 is 10.2 Å². The Labute approximate surface area is 111 Å². The largest absolute Gasteiger partial charge is 0.372 e. The van der Waals surface area contributed by atoms with Gasteiger partial charge < -0.3 is 10.2 Å². The molecular weight excluding hydrogens is 220 g/mol. The molecule has 0 unspecified atom stereocenters. The van der Waals surface area contributed by atoms with E-state index in [0.717, 1.165) is 13.1 Å². The van der Waals surface area contributed by atoms with Crippen LogP contribution in [0.5, 0.6) is 0 Å². The van der Waals surface area contributed by atoms with Crippen molar-refractivity contribution in [3.63, 3.8) is 0 Å². The monoisotopic (exact) mass is 246 g/mol. The molecule has 0 bridgehead atoms. The van der Waals surface area contributed by atoms with Crippen molar-refractivity contribution >= 4 is 5.69 Å². The van der Waals surface area contributed by atoms with Crippen molar-refractivity contribution in [2.75, 3.05) is 24.5 Å². The lowest BCUT2D eigenvalue weighted by atomic mass is 10.2. The lowest BCUT2D eigenvalue weighted by Gasteiger charge is -2.22. The molecule has 0 aromatic heterocycles. The van der Waals surface area contributed by atoms with Gasteiger partial charge in [-0.1, -0.05) is 31.9 Å². The van der Waals surface area contributed by atoms with Crippen LogP contribution >= 0.6 is 0 Å². The highest BCUT2D eigenvalue weighted by atomic mass is 15.1. The van der Waals surface area contributed by atoms with Crippen LogP contribution in [0.3, 0.4) is 0 Å². The summed E-state index contributed by atoms with van der Waals surface area (Å²) in [4.78, 5) is 2.54. The van der Waals surface area contributed by atoms with Gasteiger partial charge in [-0.05, 0) is 43.5 Å². The Kier molecular flexibility index (Phi) is 5.53. The first-order valence-electron chi connectivity index (χ1n) is 7.45. The molecule has 1 aliphatic heterocycles. The highest BCUT2D eigenvalue weighted by Gasteiger charge is 2.09. The van der Waals surface area contributed by atoms with Crippen molar-refractivity contribution in [2.45, 2.75) is 45.6 Å². The van der Waals surface area contributed by atoms with E-state index < -0.39 is 0 Å². The van der Waals surface area contributed by atoms with Crippen LogP contribution in [0, 0.1) is 0 Å². The zero-order chi connectivity index (χ0) is 12.6. The third-order valence-corrected chi connectivity index (χ3v) is 3.66. The summed E-state index contributed by atoms with van der Waals surface area (Å²) in [6, 6.07) is 9.11. The molecule has 1 aliphatic rings. The van der Waals surface area contributed by atoms with Gasteiger partial charge in [0.05, 0.1) is 0 Å². The van der Waals surface area contributed by atoms with E-state index in [4.69, 9.17) is 0 Å². The SMILES string of the molecule is CCCNCc1ccc(N2CCCCCC2)cc1. The fraction of sp³-hybridized carbons (Fsp3) is 0.625. The van der Waals surface area contributed by atoms with Crippen LogP contribution in [0.1, 0.15) is 44.6 Å². The highest BCUT2D eigenvalue weighted by Crippen LogP contribution is 2.19. The Balaban J connectivity index is 1.89. The first-order valence-corrected chi connectivity index (χ1v) is 7.45. The van der Waals surface area contributed by atoms with Crippen molar-refractivity contribution in [1.29, 1.82) is 0 Å². The molecular formula is C16H26N2. The second kappa shape index (κ2) is 7.42. The summed E-state index contributed by atoms with van der Waals surface area (Å²) in [5.41, 5.74) is 2.79. The van der Waals surface area contributed by atoms with E-state index in [0.29, 0.717) is 0 Å². The van der Waals surface area contributed by atoms with Crippen LogP contribution in [0.2, 0.25) is 0 Å². The second-order valence-electron chi connectivity index (χ2n) is 5.24. The number of rotatable bonds is 5. The van der Waals surface area contributed by atoms with Crippen molar-refractivity contribution < 1.29 is 0 Å². The first kappa shape index (κ1) is 13.4. The van der Waals surface area contributed by atoms with Crippen molar-refractivity contribution in [2.24, 2.45) is 0 Å². The van der Waals surface area contributed by atoms with Crippen molar-refractivity contribution in [3.05, 3.63) is 29.8 Å². The fourth-order valence-electron chi connectivity index (χ4n) is 2.56. The molecule has 100 valence electrons. The van der Waals surface area contributed by atoms with Gasteiger partial charge in [0.2, 0.25) is 0 Å². The minimum atomic E-state index is 0.994. The Morgan fingerprint density at radius 3 is 2.28 bits per heavy atom. The third-order valence-electron chi connectivity index (χ3n) is 3.66. The maximum atomic E-state index is 3.45. The zero-order valence-electron chi connectivity index (χ0n) is 11.6. The van der Waals surface area contributed by atoms with Gasteiger partial charge in [0.25, 0.3) is 0 Å². The predicted molar refractivity (Wildman–Crippen MR) is 79.1 cm³/mol. The summed E-state index contributed by atoms with van der Waals surface area (Å²) in [5.74, 6) is 0. The summed E-state index contributed by atoms with van der Waals surface area (Å²) < 4.78 is 0. The number of nitrogens with one attached hydrogen (secondary N) is 1. The molecule has 0 spiro atoms. The minimum absolute atomic E-state index is 0.994. The van der Waals surface area contributed by atoms with E-state index in [1.54, 1.807) is 0 Å². The van der Waals surface area contributed by atoms with Gasteiger partial charge in [-0.25, -0.2) is 0 Å². The molecule has 2 heteroatoms. The summed E-state index contributed by atoms with van der Waals surface area (Å²) in [6.45, 7) is 6.76. The fourth-order valence-corrected chi connectivity index (χ4v) is 2.56. The molecule has 0 aliphatic carbocycles. The second-order valence-corrected chi connectivity index (χ2v) is 5.24. The first-order chi connectivity index (χ1) is 8.90. The lowest BCUT2D eigenvalue weighted by molar-refractivity contribution is 0.675. The number of benzene rings is 1. The topological polar surface area (TPSA) is 15.3 Å². The highest BCUT2D eigenvalue weighted by molar-refractivity contribution is 5.47. The van der Waals surface area contributed by atoms with Gasteiger partial charge in [-0.3, -0.25) is 0 Å². The van der Waals surface area contributed by atoms with E-state index in [-0.39, 0.29) is 0 Å². The van der Waals surface area contributed by atoms with Crippen molar-refractivity contribution in [3.8, 4) is 0 Å². The minimum Gasteiger partial charge on any atom is -0.372 e. The average molecular weight is 246 g/mol. The van der Waals surface area contributed by atoms with Crippen molar-refractivity contribution in [1.82, 2.24) is 5.32 Å². The number of hydrogen-bond donors (Lipinski definition) is 1. The standard InChI is InChI=1S/C16H26N2/c1-2-11-17-14-15-7-9-16(10-8-15)18-12-5-3-4-6-13-18/h7-10,17H,2-6,11-14H2,1H3. The van der Waals surface area contributed by atoms with Crippen LogP contribution in [-0.4, -0.2) is 19.6 Å². The van der Waals surface area contributed by atoms with Crippen LogP contribution in [0.25, 0.3) is 0 Å². The quantitative estimate of drug-likeness (QED) is 0.799. The molecule has 2 nitrogen and oxygen atoms in total. The van der Waals surface area contributed by atoms with Crippen LogP contribution in [-0.2, 0) is 6.54 Å². The van der Waals surface area contributed by atoms with E-state index in [1.165, 1.54) is 56.4 Å². The molecule has 0 radical (unpaired) electrons. The number of nitrogens with zero attached hydrogens (tertiary/aromatic N) is 1. The van der Waals surface area contributed by atoms with Gasteiger partial charge in [-0.2, -0.15) is 0 Å². The lowest BCUT2D eigenvalue weighted by Crippen LogP contribution is -2.23. The molecule has 1 fully saturated rings. The molecule has 1 aromatic rings.